The van der Waals surface area contributed by atoms with Crippen LogP contribution >= 0.6 is 11.8 Å². The summed E-state index contributed by atoms with van der Waals surface area (Å²) >= 11 is 1.76. The van der Waals surface area contributed by atoms with E-state index < -0.39 is 6.04 Å². The molecule has 0 aromatic heterocycles. The van der Waals surface area contributed by atoms with Crippen molar-refractivity contribution in [1.82, 2.24) is 0 Å². The number of nitrogens with two attached hydrogens (primary N) is 1. The number of anilines is 1. The van der Waals surface area contributed by atoms with Gasteiger partial charge in [0.1, 0.15) is 6.04 Å². The molecule has 92 valence electrons. The van der Waals surface area contributed by atoms with Crippen molar-refractivity contribution in [1.29, 1.82) is 0 Å². The lowest BCUT2D eigenvalue weighted by Crippen LogP contribution is -2.19. The molecule has 2 rings (SSSR count). The lowest BCUT2D eigenvalue weighted by Gasteiger charge is -2.05. The maximum absolute atomic E-state index is 11.4. The van der Waals surface area contributed by atoms with E-state index in [1.807, 2.05) is 18.2 Å². The van der Waals surface area contributed by atoms with Gasteiger partial charge in [0, 0.05) is 35.6 Å². The number of fused-ring (bicyclic) bond motifs is 1. The predicted molar refractivity (Wildman–Crippen MR) is 69.2 cm³/mol. The van der Waals surface area contributed by atoms with E-state index in [1.54, 1.807) is 18.9 Å². The monoisotopic (exact) mass is 252 g/mol. The Hall–Kier alpha value is -1.04. The Bertz CT molecular complexity index is 423. The minimum absolute atomic E-state index is 0.124. The molecule has 0 radical (unpaired) electrons. The van der Waals surface area contributed by atoms with Crippen molar-refractivity contribution < 1.29 is 9.53 Å². The van der Waals surface area contributed by atoms with Crippen LogP contribution in [0, 0.1) is 0 Å². The molecule has 0 saturated carbocycles. The normalized spacial score (nSPS) is 18.0. The highest BCUT2D eigenvalue weighted by atomic mass is 32.2. The van der Waals surface area contributed by atoms with Crippen molar-refractivity contribution in [3.63, 3.8) is 0 Å². The summed E-state index contributed by atoms with van der Waals surface area (Å²) in [6.45, 7) is 0.777. The molecule has 1 aliphatic rings. The quantitative estimate of drug-likeness (QED) is 0.619. The Labute approximate surface area is 105 Å². The summed E-state index contributed by atoms with van der Waals surface area (Å²) in [6.07, 6.45) is 1.02. The number of rotatable bonds is 5. The molecular weight excluding hydrogens is 236 g/mol. The zero-order valence-corrected chi connectivity index (χ0v) is 10.5. The summed E-state index contributed by atoms with van der Waals surface area (Å²) in [6, 6.07) is 5.41. The maximum atomic E-state index is 11.4. The summed E-state index contributed by atoms with van der Waals surface area (Å²) in [7, 11) is 1.71. The van der Waals surface area contributed by atoms with Crippen LogP contribution in [0.1, 0.15) is 18.0 Å². The van der Waals surface area contributed by atoms with E-state index in [1.165, 1.54) is 0 Å². The van der Waals surface area contributed by atoms with Gasteiger partial charge in [-0.05, 0) is 18.6 Å². The SMILES string of the molecule is COCCCSc1ccc2c(c1)NC(=O)C2N. The number of nitrogens with one attached hydrogen (secondary N) is 1. The van der Waals surface area contributed by atoms with Crippen molar-refractivity contribution in [2.45, 2.75) is 17.4 Å². The number of carbonyl (C=O) groups excluding carboxylic acids is 1. The molecule has 3 N–H and O–H groups in total. The van der Waals surface area contributed by atoms with Crippen molar-refractivity contribution in [3.05, 3.63) is 23.8 Å². The highest BCUT2D eigenvalue weighted by molar-refractivity contribution is 7.99. The first-order valence-corrected chi connectivity index (χ1v) is 6.53. The van der Waals surface area contributed by atoms with Gasteiger partial charge in [-0.2, -0.15) is 0 Å². The van der Waals surface area contributed by atoms with Gasteiger partial charge in [-0.3, -0.25) is 4.79 Å². The lowest BCUT2D eigenvalue weighted by molar-refractivity contribution is -0.116. The zero-order valence-electron chi connectivity index (χ0n) is 9.73. The van der Waals surface area contributed by atoms with Crippen LogP contribution in [0.5, 0.6) is 0 Å². The van der Waals surface area contributed by atoms with Crippen LogP contribution in [-0.2, 0) is 9.53 Å². The number of ether oxygens (including phenoxy) is 1. The fourth-order valence-electron chi connectivity index (χ4n) is 1.75. The van der Waals surface area contributed by atoms with E-state index in [0.29, 0.717) is 0 Å². The number of hydrogen-bond donors (Lipinski definition) is 2. The summed E-state index contributed by atoms with van der Waals surface area (Å²) in [5.74, 6) is 0.883. The molecule has 1 atom stereocenters. The van der Waals surface area contributed by atoms with E-state index in [4.69, 9.17) is 10.5 Å². The fourth-order valence-corrected chi connectivity index (χ4v) is 2.61. The second-order valence-corrected chi connectivity index (χ2v) is 5.08. The molecule has 1 heterocycles. The van der Waals surface area contributed by atoms with Crippen molar-refractivity contribution >= 4 is 23.4 Å². The van der Waals surface area contributed by atoms with Crippen LogP contribution in [-0.4, -0.2) is 25.4 Å². The smallest absolute Gasteiger partial charge is 0.245 e. The summed E-state index contributed by atoms with van der Waals surface area (Å²) < 4.78 is 5.00. The Morgan fingerprint density at radius 1 is 1.53 bits per heavy atom. The second-order valence-electron chi connectivity index (χ2n) is 3.91. The topological polar surface area (TPSA) is 64.3 Å². The molecule has 1 aliphatic heterocycles. The van der Waals surface area contributed by atoms with Gasteiger partial charge in [-0.15, -0.1) is 11.8 Å². The minimum atomic E-state index is -0.516. The van der Waals surface area contributed by atoms with Crippen molar-refractivity contribution in [2.75, 3.05) is 24.8 Å². The van der Waals surface area contributed by atoms with E-state index >= 15 is 0 Å². The number of thioether (sulfide) groups is 1. The first-order valence-electron chi connectivity index (χ1n) is 5.54. The average molecular weight is 252 g/mol. The second kappa shape index (κ2) is 5.53. The van der Waals surface area contributed by atoms with Gasteiger partial charge in [0.15, 0.2) is 0 Å². The number of hydrogen-bond acceptors (Lipinski definition) is 4. The number of carbonyl (C=O) groups is 1. The third-order valence-electron chi connectivity index (χ3n) is 2.66. The third-order valence-corrected chi connectivity index (χ3v) is 3.74. The van der Waals surface area contributed by atoms with Gasteiger partial charge in [-0.1, -0.05) is 6.07 Å². The Kier molecular flexibility index (Phi) is 4.04. The van der Waals surface area contributed by atoms with Gasteiger partial charge < -0.3 is 15.8 Å². The molecule has 17 heavy (non-hydrogen) atoms. The molecule has 0 aliphatic carbocycles. The zero-order chi connectivity index (χ0) is 12.3. The summed E-state index contributed by atoms with van der Waals surface area (Å²) in [4.78, 5) is 12.5. The van der Waals surface area contributed by atoms with Crippen LogP contribution in [0.15, 0.2) is 23.1 Å². The molecule has 0 spiro atoms. The molecule has 0 saturated heterocycles. The molecule has 0 fully saturated rings. The molecule has 1 unspecified atom stereocenters. The van der Waals surface area contributed by atoms with Crippen LogP contribution in [0.3, 0.4) is 0 Å². The van der Waals surface area contributed by atoms with Crippen LogP contribution in [0.2, 0.25) is 0 Å². The van der Waals surface area contributed by atoms with Crippen LogP contribution in [0.25, 0.3) is 0 Å². The molecule has 1 amide bonds. The number of benzene rings is 1. The van der Waals surface area contributed by atoms with Crippen molar-refractivity contribution in [2.24, 2.45) is 5.73 Å². The molecule has 0 bridgehead atoms. The van der Waals surface area contributed by atoms with E-state index in [2.05, 4.69) is 5.32 Å². The Morgan fingerprint density at radius 3 is 3.12 bits per heavy atom. The molecular formula is C12H16N2O2S. The fraction of sp³-hybridized carbons (Fsp3) is 0.417. The largest absolute Gasteiger partial charge is 0.385 e. The minimum Gasteiger partial charge on any atom is -0.385 e. The Balaban J connectivity index is 1.98. The first kappa shape index (κ1) is 12.4. The van der Waals surface area contributed by atoms with Crippen molar-refractivity contribution in [3.8, 4) is 0 Å². The highest BCUT2D eigenvalue weighted by Gasteiger charge is 2.26. The number of methoxy groups -OCH3 is 1. The van der Waals surface area contributed by atoms with Crippen LogP contribution < -0.4 is 11.1 Å². The third kappa shape index (κ3) is 2.80. The predicted octanol–water partition coefficient (Wildman–Crippen LogP) is 1.77. The van der Waals surface area contributed by atoms with Gasteiger partial charge >= 0.3 is 0 Å². The highest BCUT2D eigenvalue weighted by Crippen LogP contribution is 2.33. The standard InChI is InChI=1S/C12H16N2O2S/c1-16-5-2-6-17-8-3-4-9-10(7-8)14-12(15)11(9)13/h3-4,7,11H,2,5-6,13H2,1H3,(H,14,15). The van der Waals surface area contributed by atoms with E-state index in [9.17, 15) is 4.79 Å². The maximum Gasteiger partial charge on any atom is 0.245 e. The van der Waals surface area contributed by atoms with Crippen LogP contribution in [0.4, 0.5) is 5.69 Å². The number of amides is 1. The summed E-state index contributed by atoms with van der Waals surface area (Å²) in [5, 5.41) is 2.79. The molecule has 5 heteroatoms. The molecule has 1 aromatic carbocycles. The molecule has 4 nitrogen and oxygen atoms in total. The Morgan fingerprint density at radius 2 is 2.35 bits per heavy atom. The van der Waals surface area contributed by atoms with Gasteiger partial charge in [-0.25, -0.2) is 0 Å². The summed E-state index contributed by atoms with van der Waals surface area (Å²) in [5.41, 5.74) is 7.48. The van der Waals surface area contributed by atoms with E-state index in [-0.39, 0.29) is 5.91 Å². The van der Waals surface area contributed by atoms with E-state index in [0.717, 1.165) is 34.9 Å². The first-order chi connectivity index (χ1) is 8.22. The average Bonchev–Trinajstić information content (AvgIpc) is 2.61. The lowest BCUT2D eigenvalue weighted by atomic mass is 10.1. The van der Waals surface area contributed by atoms with Gasteiger partial charge in [0.2, 0.25) is 5.91 Å². The van der Waals surface area contributed by atoms with Gasteiger partial charge in [0.05, 0.1) is 0 Å². The molecule has 1 aromatic rings. The van der Waals surface area contributed by atoms with Gasteiger partial charge in [0.25, 0.3) is 0 Å².